The number of rotatable bonds is 3. The predicted molar refractivity (Wildman–Crippen MR) is 83.9 cm³/mol. The monoisotopic (exact) mass is 362 g/mol. The van der Waals surface area contributed by atoms with Crippen molar-refractivity contribution in [2.24, 2.45) is 5.92 Å². The lowest BCUT2D eigenvalue weighted by molar-refractivity contribution is -0.299. The van der Waals surface area contributed by atoms with Crippen molar-refractivity contribution in [3.8, 4) is 0 Å². The number of hydrazine groups is 1. The van der Waals surface area contributed by atoms with E-state index in [1.54, 1.807) is 12.1 Å². The van der Waals surface area contributed by atoms with Crippen LogP contribution < -0.4 is 5.43 Å². The van der Waals surface area contributed by atoms with Crippen molar-refractivity contribution in [3.63, 3.8) is 0 Å². The van der Waals surface area contributed by atoms with E-state index in [1.165, 1.54) is 18.2 Å². The maximum absolute atomic E-state index is 13.4. The van der Waals surface area contributed by atoms with Gasteiger partial charge in [0, 0.05) is 12.1 Å². The molecule has 4 nitrogen and oxygen atoms in total. The number of amides is 1. The molecular formula is C16H18ClF3N2O2. The number of halogens is 4. The summed E-state index contributed by atoms with van der Waals surface area (Å²) >= 11 is 5.89. The second-order valence-corrected chi connectivity index (χ2v) is 6.49. The normalized spacial score (nSPS) is 23.0. The smallest absolute Gasteiger partial charge is 0.362 e. The van der Waals surface area contributed by atoms with E-state index in [0.29, 0.717) is 6.42 Å². The maximum Gasteiger partial charge on any atom is 0.438 e. The van der Waals surface area contributed by atoms with Crippen molar-refractivity contribution in [1.82, 2.24) is 10.4 Å². The molecule has 1 aromatic carbocycles. The first-order chi connectivity index (χ1) is 11.1. The van der Waals surface area contributed by atoms with Crippen LogP contribution in [0.15, 0.2) is 36.0 Å². The molecule has 0 radical (unpaired) electrons. The Balaban J connectivity index is 2.39. The third-order valence-electron chi connectivity index (χ3n) is 3.66. The van der Waals surface area contributed by atoms with Gasteiger partial charge in [0.05, 0.1) is 10.6 Å². The topological polar surface area (TPSA) is 52.6 Å². The van der Waals surface area contributed by atoms with Gasteiger partial charge in [0.15, 0.2) is 0 Å². The Morgan fingerprint density at radius 2 is 2.08 bits per heavy atom. The summed E-state index contributed by atoms with van der Waals surface area (Å²) in [6.07, 6.45) is -3.70. The van der Waals surface area contributed by atoms with Gasteiger partial charge in [0.1, 0.15) is 0 Å². The van der Waals surface area contributed by atoms with Gasteiger partial charge in [0.25, 0.3) is 11.6 Å². The lowest BCUT2D eigenvalue weighted by Crippen LogP contribution is -2.59. The fourth-order valence-electron chi connectivity index (χ4n) is 2.32. The molecule has 0 saturated carbocycles. The lowest BCUT2D eigenvalue weighted by atomic mass is 10.0. The van der Waals surface area contributed by atoms with Crippen LogP contribution >= 0.6 is 11.6 Å². The SMILES string of the molecule is CC(C)CC=C1CC(O)(C(F)(F)F)N(C(=O)c2ccccc2Cl)N1. The van der Waals surface area contributed by atoms with Gasteiger partial charge in [-0.05, 0) is 24.5 Å². The molecule has 1 fully saturated rings. The molecule has 1 saturated heterocycles. The van der Waals surface area contributed by atoms with E-state index in [2.05, 4.69) is 5.43 Å². The van der Waals surface area contributed by atoms with Crippen LogP contribution in [0.2, 0.25) is 5.02 Å². The summed E-state index contributed by atoms with van der Waals surface area (Å²) in [7, 11) is 0. The number of nitrogens with one attached hydrogen (secondary N) is 1. The number of hydrogen-bond donors (Lipinski definition) is 2. The molecule has 8 heteroatoms. The summed E-state index contributed by atoms with van der Waals surface area (Å²) in [5, 5.41) is 10.4. The number of aliphatic hydroxyl groups is 1. The van der Waals surface area contributed by atoms with Gasteiger partial charge in [-0.3, -0.25) is 10.2 Å². The zero-order valence-electron chi connectivity index (χ0n) is 13.2. The summed E-state index contributed by atoms with van der Waals surface area (Å²) < 4.78 is 40.2. The lowest BCUT2D eigenvalue weighted by Gasteiger charge is -2.33. The summed E-state index contributed by atoms with van der Waals surface area (Å²) in [4.78, 5) is 12.5. The second kappa shape index (κ2) is 6.64. The van der Waals surface area contributed by atoms with Gasteiger partial charge in [-0.25, -0.2) is 5.01 Å². The van der Waals surface area contributed by atoms with Crippen LogP contribution in [0.25, 0.3) is 0 Å². The highest BCUT2D eigenvalue weighted by Gasteiger charge is 2.63. The molecular weight excluding hydrogens is 345 g/mol. The number of nitrogens with zero attached hydrogens (tertiary/aromatic N) is 1. The first kappa shape index (κ1) is 18.6. The number of hydrogen-bond acceptors (Lipinski definition) is 3. The van der Waals surface area contributed by atoms with E-state index >= 15 is 0 Å². The average molecular weight is 363 g/mol. The quantitative estimate of drug-likeness (QED) is 0.858. The number of carbonyl (C=O) groups excluding carboxylic acids is 1. The first-order valence-electron chi connectivity index (χ1n) is 7.40. The zero-order chi connectivity index (χ0) is 18.1. The number of carbonyl (C=O) groups is 1. The van der Waals surface area contributed by atoms with Gasteiger partial charge in [-0.1, -0.05) is 43.7 Å². The van der Waals surface area contributed by atoms with Crippen molar-refractivity contribution in [1.29, 1.82) is 0 Å². The highest BCUT2D eigenvalue weighted by Crippen LogP contribution is 2.42. The largest absolute Gasteiger partial charge is 0.438 e. The highest BCUT2D eigenvalue weighted by molar-refractivity contribution is 6.33. The second-order valence-electron chi connectivity index (χ2n) is 6.08. The Morgan fingerprint density at radius 3 is 2.62 bits per heavy atom. The molecule has 2 rings (SSSR count). The highest BCUT2D eigenvalue weighted by atomic mass is 35.5. The van der Waals surface area contributed by atoms with Crippen LogP contribution in [-0.2, 0) is 0 Å². The van der Waals surface area contributed by atoms with Crippen molar-refractivity contribution < 1.29 is 23.1 Å². The standard InChI is InChI=1S/C16H18ClF3N2O2/c1-10(2)7-8-11-9-15(24,16(18,19)20)22(21-11)14(23)12-5-3-4-6-13(12)17/h3-6,8,10,21,24H,7,9H2,1-2H3. The summed E-state index contributed by atoms with van der Waals surface area (Å²) in [5.41, 5.74) is -0.925. The molecule has 1 amide bonds. The summed E-state index contributed by atoms with van der Waals surface area (Å²) in [5.74, 6) is -0.819. The molecule has 1 aromatic rings. The van der Waals surface area contributed by atoms with E-state index < -0.39 is 24.2 Å². The van der Waals surface area contributed by atoms with Gasteiger partial charge < -0.3 is 5.11 Å². The Kier molecular flexibility index (Phi) is 5.15. The third-order valence-corrected chi connectivity index (χ3v) is 3.99. The molecule has 1 atom stereocenters. The first-order valence-corrected chi connectivity index (χ1v) is 7.78. The van der Waals surface area contributed by atoms with Crippen LogP contribution in [0.3, 0.4) is 0 Å². The summed E-state index contributed by atoms with van der Waals surface area (Å²) in [6, 6.07) is 5.74. The van der Waals surface area contributed by atoms with Crippen molar-refractivity contribution in [2.75, 3.05) is 0 Å². The Bertz CT molecular complexity index is 661. The third kappa shape index (κ3) is 3.52. The molecule has 1 heterocycles. The van der Waals surface area contributed by atoms with Crippen LogP contribution in [0.1, 0.15) is 37.0 Å². The molecule has 1 aliphatic rings. The number of allylic oxidation sites excluding steroid dienone is 1. The molecule has 1 unspecified atom stereocenters. The van der Waals surface area contributed by atoms with Gasteiger partial charge in [0.2, 0.25) is 0 Å². The average Bonchev–Trinajstić information content (AvgIpc) is 2.83. The van der Waals surface area contributed by atoms with E-state index in [1.807, 2.05) is 13.8 Å². The van der Waals surface area contributed by atoms with Crippen molar-refractivity contribution in [2.45, 2.75) is 38.6 Å². The minimum Gasteiger partial charge on any atom is -0.362 e. The Labute approximate surface area is 142 Å². The Morgan fingerprint density at radius 1 is 1.46 bits per heavy atom. The molecule has 24 heavy (non-hydrogen) atoms. The maximum atomic E-state index is 13.4. The van der Waals surface area contributed by atoms with Crippen LogP contribution in [0.5, 0.6) is 0 Å². The number of benzene rings is 1. The fraction of sp³-hybridized carbons (Fsp3) is 0.438. The minimum absolute atomic E-state index is 0.00781. The molecule has 132 valence electrons. The Hall–Kier alpha value is -1.73. The molecule has 1 aliphatic heterocycles. The molecule has 0 aromatic heterocycles. The van der Waals surface area contributed by atoms with E-state index in [0.717, 1.165) is 0 Å². The van der Waals surface area contributed by atoms with Crippen LogP contribution in [0, 0.1) is 5.92 Å². The van der Waals surface area contributed by atoms with E-state index in [-0.39, 0.29) is 27.2 Å². The van der Waals surface area contributed by atoms with Gasteiger partial charge in [-0.2, -0.15) is 13.2 Å². The van der Waals surface area contributed by atoms with Gasteiger partial charge >= 0.3 is 6.18 Å². The van der Waals surface area contributed by atoms with Crippen LogP contribution in [0.4, 0.5) is 13.2 Å². The van der Waals surface area contributed by atoms with Crippen molar-refractivity contribution >= 4 is 17.5 Å². The summed E-state index contributed by atoms with van der Waals surface area (Å²) in [6.45, 7) is 3.82. The van der Waals surface area contributed by atoms with Crippen molar-refractivity contribution in [3.05, 3.63) is 46.6 Å². The minimum atomic E-state index is -5.02. The molecule has 2 N–H and O–H groups in total. The number of alkyl halides is 3. The van der Waals surface area contributed by atoms with Gasteiger partial charge in [-0.15, -0.1) is 0 Å². The van der Waals surface area contributed by atoms with E-state index in [4.69, 9.17) is 11.6 Å². The molecule has 0 spiro atoms. The van der Waals surface area contributed by atoms with Crippen LogP contribution in [-0.4, -0.2) is 27.9 Å². The zero-order valence-corrected chi connectivity index (χ0v) is 13.9. The molecule has 0 aliphatic carbocycles. The predicted octanol–water partition coefficient (Wildman–Crippen LogP) is 3.87. The molecule has 0 bridgehead atoms. The fourth-order valence-corrected chi connectivity index (χ4v) is 2.53. The van der Waals surface area contributed by atoms with E-state index in [9.17, 15) is 23.1 Å².